The van der Waals surface area contributed by atoms with Crippen LogP contribution in [0.4, 0.5) is 5.69 Å². The second-order valence-corrected chi connectivity index (χ2v) is 6.53. The summed E-state index contributed by atoms with van der Waals surface area (Å²) < 4.78 is 28.3. The predicted octanol–water partition coefficient (Wildman–Crippen LogP) is 2.51. The average molecular weight is 300 g/mol. The monoisotopic (exact) mass is 300 g/mol. The number of nitrogens with two attached hydrogens (primary N) is 2. The number of rotatable bonds is 8. The van der Waals surface area contributed by atoms with E-state index >= 15 is 0 Å². The van der Waals surface area contributed by atoms with Gasteiger partial charge >= 0.3 is 0 Å². The SMILES string of the molecule is CCCCC(CC)COc1cc(S(N)(=O)=O)ccc1N. The van der Waals surface area contributed by atoms with E-state index in [1.807, 2.05) is 0 Å². The molecule has 0 aliphatic rings. The second kappa shape index (κ2) is 7.50. The first-order valence-electron chi connectivity index (χ1n) is 6.93. The second-order valence-electron chi connectivity index (χ2n) is 4.97. The summed E-state index contributed by atoms with van der Waals surface area (Å²) in [5.41, 5.74) is 6.22. The van der Waals surface area contributed by atoms with E-state index in [4.69, 9.17) is 15.6 Å². The van der Waals surface area contributed by atoms with Crippen LogP contribution >= 0.6 is 0 Å². The standard InChI is InChI=1S/C14H24N2O3S/c1-3-5-6-11(4-2)10-19-14-9-12(20(16,17)18)7-8-13(14)15/h7-9,11H,3-6,10,15H2,1-2H3,(H2,16,17,18). The maximum absolute atomic E-state index is 11.3. The maximum atomic E-state index is 11.3. The van der Waals surface area contributed by atoms with Crippen LogP contribution in [0.2, 0.25) is 0 Å². The third-order valence-electron chi connectivity index (χ3n) is 3.33. The topological polar surface area (TPSA) is 95.4 Å². The van der Waals surface area contributed by atoms with Gasteiger partial charge in [-0.25, -0.2) is 13.6 Å². The molecule has 0 heterocycles. The highest BCUT2D eigenvalue weighted by Gasteiger charge is 2.13. The molecule has 4 N–H and O–H groups in total. The van der Waals surface area contributed by atoms with Crippen molar-refractivity contribution in [3.8, 4) is 5.75 Å². The van der Waals surface area contributed by atoms with Gasteiger partial charge in [0.2, 0.25) is 10.0 Å². The first kappa shape index (κ1) is 16.8. The quantitative estimate of drug-likeness (QED) is 0.721. The molecule has 0 saturated heterocycles. The molecule has 1 aromatic carbocycles. The molecule has 0 radical (unpaired) electrons. The lowest BCUT2D eigenvalue weighted by Crippen LogP contribution is -2.14. The van der Waals surface area contributed by atoms with Crippen molar-refractivity contribution in [3.05, 3.63) is 18.2 Å². The Balaban J connectivity index is 2.76. The summed E-state index contributed by atoms with van der Waals surface area (Å²) in [6, 6.07) is 4.27. The van der Waals surface area contributed by atoms with Gasteiger partial charge in [-0.3, -0.25) is 0 Å². The molecule has 0 aliphatic heterocycles. The van der Waals surface area contributed by atoms with Crippen LogP contribution in [0.15, 0.2) is 23.1 Å². The Bertz CT molecular complexity index is 529. The molecule has 0 aromatic heterocycles. The van der Waals surface area contributed by atoms with Gasteiger partial charge in [0.05, 0.1) is 17.2 Å². The van der Waals surface area contributed by atoms with Crippen molar-refractivity contribution in [1.29, 1.82) is 0 Å². The first-order chi connectivity index (χ1) is 9.38. The average Bonchev–Trinajstić information content (AvgIpc) is 2.39. The third-order valence-corrected chi connectivity index (χ3v) is 4.24. The van der Waals surface area contributed by atoms with Crippen molar-refractivity contribution in [2.45, 2.75) is 44.4 Å². The fraction of sp³-hybridized carbons (Fsp3) is 0.571. The van der Waals surface area contributed by atoms with E-state index < -0.39 is 10.0 Å². The van der Waals surface area contributed by atoms with Crippen molar-refractivity contribution in [3.63, 3.8) is 0 Å². The minimum Gasteiger partial charge on any atom is -0.491 e. The normalized spacial score (nSPS) is 13.2. The molecule has 0 aliphatic carbocycles. The number of sulfonamides is 1. The first-order valence-corrected chi connectivity index (χ1v) is 8.48. The van der Waals surface area contributed by atoms with Gasteiger partial charge < -0.3 is 10.5 Å². The molecular formula is C14H24N2O3S. The van der Waals surface area contributed by atoms with Gasteiger partial charge in [0.15, 0.2) is 0 Å². The molecule has 1 rings (SSSR count). The van der Waals surface area contributed by atoms with E-state index in [2.05, 4.69) is 13.8 Å². The van der Waals surface area contributed by atoms with Crippen LogP contribution in [0.5, 0.6) is 5.75 Å². The summed E-state index contributed by atoms with van der Waals surface area (Å²) in [5.74, 6) is 0.832. The van der Waals surface area contributed by atoms with E-state index in [0.717, 1.165) is 25.7 Å². The van der Waals surface area contributed by atoms with Gasteiger partial charge in [0, 0.05) is 6.07 Å². The lowest BCUT2D eigenvalue weighted by molar-refractivity contribution is 0.234. The third kappa shape index (κ3) is 5.02. The van der Waals surface area contributed by atoms with Crippen molar-refractivity contribution in [2.24, 2.45) is 11.1 Å². The Labute approximate surface area is 121 Å². The number of ether oxygens (including phenoxy) is 1. The summed E-state index contributed by atoms with van der Waals surface area (Å²) in [7, 11) is -3.74. The van der Waals surface area contributed by atoms with Crippen molar-refractivity contribution >= 4 is 15.7 Å². The van der Waals surface area contributed by atoms with Crippen LogP contribution in [0.25, 0.3) is 0 Å². The summed E-state index contributed by atoms with van der Waals surface area (Å²) in [5, 5.41) is 5.10. The highest BCUT2D eigenvalue weighted by molar-refractivity contribution is 7.89. The molecule has 1 aromatic rings. The van der Waals surface area contributed by atoms with Gasteiger partial charge in [-0.1, -0.05) is 33.1 Å². The van der Waals surface area contributed by atoms with Crippen molar-refractivity contribution in [1.82, 2.24) is 0 Å². The number of hydrogen-bond acceptors (Lipinski definition) is 4. The van der Waals surface area contributed by atoms with Gasteiger partial charge in [-0.05, 0) is 24.5 Å². The van der Waals surface area contributed by atoms with Crippen LogP contribution in [0.1, 0.15) is 39.5 Å². The summed E-state index contributed by atoms with van der Waals surface area (Å²) >= 11 is 0. The van der Waals surface area contributed by atoms with E-state index in [1.54, 1.807) is 0 Å². The molecule has 1 unspecified atom stereocenters. The molecule has 6 heteroatoms. The van der Waals surface area contributed by atoms with Crippen molar-refractivity contribution in [2.75, 3.05) is 12.3 Å². The number of primary sulfonamides is 1. The Morgan fingerprint density at radius 2 is 2.00 bits per heavy atom. The van der Waals surface area contributed by atoms with E-state index in [9.17, 15) is 8.42 Å². The minimum atomic E-state index is -3.74. The lowest BCUT2D eigenvalue weighted by Gasteiger charge is -2.17. The van der Waals surface area contributed by atoms with Crippen LogP contribution in [0, 0.1) is 5.92 Å². The fourth-order valence-corrected chi connectivity index (χ4v) is 2.45. The molecule has 114 valence electrons. The Morgan fingerprint density at radius 3 is 2.55 bits per heavy atom. The molecule has 1 atom stereocenters. The van der Waals surface area contributed by atoms with E-state index in [-0.39, 0.29) is 4.90 Å². The van der Waals surface area contributed by atoms with Crippen LogP contribution in [-0.2, 0) is 10.0 Å². The lowest BCUT2D eigenvalue weighted by atomic mass is 10.0. The Hall–Kier alpha value is -1.27. The molecule has 5 nitrogen and oxygen atoms in total. The number of hydrogen-bond donors (Lipinski definition) is 2. The number of nitrogen functional groups attached to an aromatic ring is 1. The molecule has 0 amide bonds. The van der Waals surface area contributed by atoms with Gasteiger partial charge in [-0.2, -0.15) is 0 Å². The van der Waals surface area contributed by atoms with E-state index in [0.29, 0.717) is 24.0 Å². The summed E-state index contributed by atoms with van der Waals surface area (Å²) in [6.45, 7) is 4.81. The smallest absolute Gasteiger partial charge is 0.238 e. The maximum Gasteiger partial charge on any atom is 0.238 e. The highest BCUT2D eigenvalue weighted by Crippen LogP contribution is 2.26. The molecule has 0 saturated carbocycles. The number of unbranched alkanes of at least 4 members (excludes halogenated alkanes) is 1. The van der Waals surface area contributed by atoms with Gasteiger partial charge in [0.1, 0.15) is 5.75 Å². The Morgan fingerprint density at radius 1 is 1.30 bits per heavy atom. The highest BCUT2D eigenvalue weighted by atomic mass is 32.2. The zero-order chi connectivity index (χ0) is 15.2. The minimum absolute atomic E-state index is 0.0170. The molecule has 0 bridgehead atoms. The number of benzene rings is 1. The summed E-state index contributed by atoms with van der Waals surface area (Å²) in [4.78, 5) is 0.0170. The molecular weight excluding hydrogens is 276 g/mol. The van der Waals surface area contributed by atoms with E-state index in [1.165, 1.54) is 18.2 Å². The Kier molecular flexibility index (Phi) is 6.29. The molecule has 0 fully saturated rings. The van der Waals surface area contributed by atoms with Crippen molar-refractivity contribution < 1.29 is 13.2 Å². The fourth-order valence-electron chi connectivity index (χ4n) is 1.92. The largest absolute Gasteiger partial charge is 0.491 e. The molecule has 0 spiro atoms. The zero-order valence-electron chi connectivity index (χ0n) is 12.1. The van der Waals surface area contributed by atoms with Crippen LogP contribution in [-0.4, -0.2) is 15.0 Å². The van der Waals surface area contributed by atoms with Crippen LogP contribution in [0.3, 0.4) is 0 Å². The van der Waals surface area contributed by atoms with Gasteiger partial charge in [0.25, 0.3) is 0 Å². The molecule has 20 heavy (non-hydrogen) atoms. The number of anilines is 1. The van der Waals surface area contributed by atoms with Crippen LogP contribution < -0.4 is 15.6 Å². The zero-order valence-corrected chi connectivity index (χ0v) is 12.9. The predicted molar refractivity (Wildman–Crippen MR) is 81.0 cm³/mol. The summed E-state index contributed by atoms with van der Waals surface area (Å²) in [6.07, 6.45) is 4.44. The van der Waals surface area contributed by atoms with Gasteiger partial charge in [-0.15, -0.1) is 0 Å².